The van der Waals surface area contributed by atoms with Gasteiger partial charge in [-0.25, -0.2) is 4.79 Å². The molecule has 0 aliphatic heterocycles. The molecule has 0 fully saturated rings. The quantitative estimate of drug-likeness (QED) is 0.769. The maximum Gasteiger partial charge on any atom is 0.394 e. The minimum Gasteiger partial charge on any atom is -0.496 e. The normalized spacial score (nSPS) is 9.84. The van der Waals surface area contributed by atoms with E-state index in [-0.39, 0.29) is 6.54 Å². The SMILES string of the molecule is COc1ccc(CCNC(=O)C(=O)O)c(OC)c1C. The van der Waals surface area contributed by atoms with Crippen LogP contribution in [0.5, 0.6) is 11.5 Å². The molecule has 0 saturated heterocycles. The third-order valence-corrected chi connectivity index (χ3v) is 2.74. The topological polar surface area (TPSA) is 84.9 Å². The summed E-state index contributed by atoms with van der Waals surface area (Å²) in [6.07, 6.45) is 0.479. The number of hydrogen-bond donors (Lipinski definition) is 2. The van der Waals surface area contributed by atoms with Gasteiger partial charge in [-0.05, 0) is 25.0 Å². The van der Waals surface area contributed by atoms with E-state index in [1.807, 2.05) is 19.1 Å². The molecule has 0 bridgehead atoms. The van der Waals surface area contributed by atoms with Crippen molar-refractivity contribution in [2.75, 3.05) is 20.8 Å². The van der Waals surface area contributed by atoms with E-state index in [0.29, 0.717) is 12.2 Å². The maximum absolute atomic E-state index is 10.9. The number of amides is 1. The molecule has 6 heteroatoms. The number of nitrogens with one attached hydrogen (secondary N) is 1. The van der Waals surface area contributed by atoms with Gasteiger partial charge in [-0.3, -0.25) is 4.79 Å². The fraction of sp³-hybridized carbons (Fsp3) is 0.385. The molecule has 1 aromatic rings. The van der Waals surface area contributed by atoms with Gasteiger partial charge in [0, 0.05) is 12.1 Å². The summed E-state index contributed by atoms with van der Waals surface area (Å²) in [5, 5.41) is 10.7. The molecular weight excluding hydrogens is 250 g/mol. The van der Waals surface area contributed by atoms with Gasteiger partial charge in [-0.15, -0.1) is 0 Å². The van der Waals surface area contributed by atoms with Crippen LogP contribution in [0.25, 0.3) is 0 Å². The average Bonchev–Trinajstić information content (AvgIpc) is 2.38. The van der Waals surface area contributed by atoms with Crippen LogP contribution in [0.1, 0.15) is 11.1 Å². The molecule has 1 amide bonds. The largest absolute Gasteiger partial charge is 0.496 e. The lowest BCUT2D eigenvalue weighted by Gasteiger charge is -2.14. The number of carbonyl (C=O) groups excluding carboxylic acids is 1. The molecule has 0 saturated carbocycles. The Labute approximate surface area is 111 Å². The second-order valence-electron chi connectivity index (χ2n) is 3.90. The van der Waals surface area contributed by atoms with Crippen LogP contribution in [-0.2, 0) is 16.0 Å². The molecule has 6 nitrogen and oxygen atoms in total. The lowest BCUT2D eigenvalue weighted by molar-refractivity contribution is -0.150. The Balaban J connectivity index is 2.76. The smallest absolute Gasteiger partial charge is 0.394 e. The van der Waals surface area contributed by atoms with Crippen molar-refractivity contribution in [2.45, 2.75) is 13.3 Å². The molecular formula is C13H17NO5. The van der Waals surface area contributed by atoms with Crippen molar-refractivity contribution < 1.29 is 24.2 Å². The Bertz CT molecular complexity index is 484. The molecule has 0 aliphatic rings. The van der Waals surface area contributed by atoms with Crippen LogP contribution in [0.4, 0.5) is 0 Å². The molecule has 0 atom stereocenters. The summed E-state index contributed by atoms with van der Waals surface area (Å²) in [6, 6.07) is 3.64. The van der Waals surface area contributed by atoms with Gasteiger partial charge in [0.1, 0.15) is 11.5 Å². The number of carboxylic acid groups (broad SMARTS) is 1. The number of carbonyl (C=O) groups is 2. The highest BCUT2D eigenvalue weighted by Gasteiger charge is 2.13. The predicted octanol–water partition coefficient (Wildman–Crippen LogP) is 0.756. The van der Waals surface area contributed by atoms with Crippen LogP contribution in [0.2, 0.25) is 0 Å². The lowest BCUT2D eigenvalue weighted by atomic mass is 10.1. The Morgan fingerprint density at radius 3 is 2.47 bits per heavy atom. The molecule has 0 unspecified atom stereocenters. The summed E-state index contributed by atoms with van der Waals surface area (Å²) in [5.41, 5.74) is 1.75. The van der Waals surface area contributed by atoms with E-state index < -0.39 is 11.9 Å². The van der Waals surface area contributed by atoms with E-state index >= 15 is 0 Å². The molecule has 1 rings (SSSR count). The number of rotatable bonds is 5. The molecule has 19 heavy (non-hydrogen) atoms. The summed E-state index contributed by atoms with van der Waals surface area (Å²) in [4.78, 5) is 21.2. The van der Waals surface area contributed by atoms with Crippen molar-refractivity contribution in [3.8, 4) is 11.5 Å². The summed E-state index contributed by atoms with van der Waals surface area (Å²) in [6.45, 7) is 2.10. The van der Waals surface area contributed by atoms with E-state index in [9.17, 15) is 9.59 Å². The fourth-order valence-corrected chi connectivity index (χ4v) is 1.82. The van der Waals surface area contributed by atoms with Gasteiger partial charge in [0.2, 0.25) is 0 Å². The standard InChI is InChI=1S/C13H17NO5/c1-8-10(18-2)5-4-9(11(8)19-3)6-7-14-12(15)13(16)17/h4-5H,6-7H2,1-3H3,(H,14,15)(H,16,17). The zero-order valence-corrected chi connectivity index (χ0v) is 11.1. The van der Waals surface area contributed by atoms with Gasteiger partial charge < -0.3 is 19.9 Å². The van der Waals surface area contributed by atoms with Gasteiger partial charge in [0.25, 0.3) is 0 Å². The first kappa shape index (κ1) is 14.8. The van der Waals surface area contributed by atoms with Crippen LogP contribution >= 0.6 is 0 Å². The molecule has 2 N–H and O–H groups in total. The summed E-state index contributed by atoms with van der Waals surface area (Å²) in [5.74, 6) is -1.10. The highest BCUT2D eigenvalue weighted by molar-refractivity contribution is 6.31. The second kappa shape index (κ2) is 6.63. The van der Waals surface area contributed by atoms with Crippen LogP contribution in [0, 0.1) is 6.92 Å². The number of carboxylic acids is 1. The molecule has 0 spiro atoms. The Kier molecular flexibility index (Phi) is 5.17. The number of aliphatic carboxylic acids is 1. The highest BCUT2D eigenvalue weighted by atomic mass is 16.5. The predicted molar refractivity (Wildman–Crippen MR) is 68.6 cm³/mol. The zero-order valence-electron chi connectivity index (χ0n) is 11.1. The van der Waals surface area contributed by atoms with Gasteiger partial charge >= 0.3 is 11.9 Å². The van der Waals surface area contributed by atoms with Gasteiger partial charge in [0.15, 0.2) is 0 Å². The van der Waals surface area contributed by atoms with Crippen LogP contribution < -0.4 is 14.8 Å². The van der Waals surface area contributed by atoms with Gasteiger partial charge in [0.05, 0.1) is 14.2 Å². The van der Waals surface area contributed by atoms with E-state index in [1.165, 1.54) is 0 Å². The van der Waals surface area contributed by atoms with E-state index in [1.54, 1.807) is 14.2 Å². The van der Waals surface area contributed by atoms with Crippen molar-refractivity contribution in [1.29, 1.82) is 0 Å². The molecule has 0 radical (unpaired) electrons. The maximum atomic E-state index is 10.9. The monoisotopic (exact) mass is 267 g/mol. The number of hydrogen-bond acceptors (Lipinski definition) is 4. The van der Waals surface area contributed by atoms with Crippen LogP contribution in [0.15, 0.2) is 12.1 Å². The minimum absolute atomic E-state index is 0.229. The Morgan fingerprint density at radius 1 is 1.26 bits per heavy atom. The number of ether oxygens (including phenoxy) is 2. The fourth-order valence-electron chi connectivity index (χ4n) is 1.82. The molecule has 1 aromatic carbocycles. The minimum atomic E-state index is -1.49. The second-order valence-corrected chi connectivity index (χ2v) is 3.90. The summed E-state index contributed by atoms with van der Waals surface area (Å²) < 4.78 is 10.5. The van der Waals surface area contributed by atoms with Gasteiger partial charge in [-0.2, -0.15) is 0 Å². The van der Waals surface area contributed by atoms with Crippen molar-refractivity contribution in [3.63, 3.8) is 0 Å². The number of methoxy groups -OCH3 is 2. The average molecular weight is 267 g/mol. The lowest BCUT2D eigenvalue weighted by Crippen LogP contribution is -2.32. The Morgan fingerprint density at radius 2 is 1.95 bits per heavy atom. The van der Waals surface area contributed by atoms with Crippen LogP contribution in [-0.4, -0.2) is 37.7 Å². The molecule has 104 valence electrons. The van der Waals surface area contributed by atoms with Crippen molar-refractivity contribution in [1.82, 2.24) is 5.32 Å². The molecule has 0 aromatic heterocycles. The third kappa shape index (κ3) is 3.61. The molecule has 0 heterocycles. The van der Waals surface area contributed by atoms with E-state index in [2.05, 4.69) is 5.32 Å². The summed E-state index contributed by atoms with van der Waals surface area (Å²) in [7, 11) is 3.13. The van der Waals surface area contributed by atoms with Crippen LogP contribution in [0.3, 0.4) is 0 Å². The van der Waals surface area contributed by atoms with Crippen molar-refractivity contribution in [2.24, 2.45) is 0 Å². The van der Waals surface area contributed by atoms with Gasteiger partial charge in [-0.1, -0.05) is 6.07 Å². The Hall–Kier alpha value is -2.24. The van der Waals surface area contributed by atoms with Crippen molar-refractivity contribution >= 4 is 11.9 Å². The number of benzene rings is 1. The van der Waals surface area contributed by atoms with Crippen molar-refractivity contribution in [3.05, 3.63) is 23.3 Å². The first-order chi connectivity index (χ1) is 9.01. The zero-order chi connectivity index (χ0) is 14.4. The first-order valence-corrected chi connectivity index (χ1v) is 5.72. The highest BCUT2D eigenvalue weighted by Crippen LogP contribution is 2.31. The first-order valence-electron chi connectivity index (χ1n) is 5.72. The van der Waals surface area contributed by atoms with E-state index in [0.717, 1.165) is 16.9 Å². The third-order valence-electron chi connectivity index (χ3n) is 2.74. The molecule has 0 aliphatic carbocycles. The van der Waals surface area contributed by atoms with E-state index in [4.69, 9.17) is 14.6 Å². The summed E-state index contributed by atoms with van der Waals surface area (Å²) >= 11 is 0.